The Kier molecular flexibility index (Phi) is 36.1. The summed E-state index contributed by atoms with van der Waals surface area (Å²) in [6.07, 6.45) is 17.9. The summed E-state index contributed by atoms with van der Waals surface area (Å²) in [4.78, 5) is 93.2. The second-order valence-corrected chi connectivity index (χ2v) is 19.3. The number of Topliss-reactive ketones (excluding diaryl/α,β-unsaturated/α-hetero) is 3. The summed E-state index contributed by atoms with van der Waals surface area (Å²) < 4.78 is 5.37. The van der Waals surface area contributed by atoms with E-state index in [9.17, 15) is 28.8 Å². The van der Waals surface area contributed by atoms with Gasteiger partial charge in [0.25, 0.3) is 0 Å². The first-order chi connectivity index (χ1) is 35.9. The van der Waals surface area contributed by atoms with Crippen LogP contribution in [-0.4, -0.2) is 120 Å². The molecular weight excluding hydrogens is 941 g/mol. The van der Waals surface area contributed by atoms with Crippen molar-refractivity contribution in [2.75, 3.05) is 52.4 Å². The van der Waals surface area contributed by atoms with Gasteiger partial charge in [-0.1, -0.05) is 89.6 Å². The number of esters is 1. The van der Waals surface area contributed by atoms with E-state index < -0.39 is 23.8 Å². The summed E-state index contributed by atoms with van der Waals surface area (Å²) in [6.45, 7) is 10.7. The highest BCUT2D eigenvalue weighted by Crippen LogP contribution is 2.30. The Balaban J connectivity index is 0.000000568. The third kappa shape index (κ3) is 29.1. The average Bonchev–Trinajstić information content (AvgIpc) is 4.14. The summed E-state index contributed by atoms with van der Waals surface area (Å²) in [5, 5.41) is 12.1. The van der Waals surface area contributed by atoms with Gasteiger partial charge in [-0.15, -0.1) is 0 Å². The normalized spacial score (nSPS) is 13.6. The molecule has 416 valence electrons. The summed E-state index contributed by atoms with van der Waals surface area (Å²) in [6, 6.07) is 8.74. The monoisotopic (exact) mass is 1030 g/mol. The van der Waals surface area contributed by atoms with Crippen molar-refractivity contribution in [2.24, 2.45) is 46.6 Å². The van der Waals surface area contributed by atoms with Crippen molar-refractivity contribution in [3.63, 3.8) is 0 Å². The minimum Gasteiger partial charge on any atom is -0.461 e. The quantitative estimate of drug-likeness (QED) is 0.0276. The van der Waals surface area contributed by atoms with Gasteiger partial charge in [-0.3, -0.25) is 28.8 Å². The molecule has 0 spiro atoms. The smallest absolute Gasteiger partial charge is 0.306 e. The van der Waals surface area contributed by atoms with Gasteiger partial charge in [0.15, 0.2) is 0 Å². The molecule has 1 aromatic carbocycles. The second kappa shape index (κ2) is 41.1. The van der Waals surface area contributed by atoms with Crippen LogP contribution in [0.4, 0.5) is 0 Å². The largest absolute Gasteiger partial charge is 0.461 e. The van der Waals surface area contributed by atoms with E-state index >= 15 is 0 Å². The fourth-order valence-electron chi connectivity index (χ4n) is 8.80. The number of imidazole rings is 2. The standard InChI is InChI=1S/C33H63N9O4.C22H31N3O3/c1-3-5-8-25(22-26(43)23-28(29(36)9-6-4-2)33(46)42-19-17-38-15-13-35)27(24-32(45)41-18-16-37-14-12-34)30(44)10-7-11-31-39-20-21-40-31;1-2-3-10-19(23)18(20(26)11-7-12-21-24-13-14-25-21)15-22(27)28-16-17-8-5-4-6-9-17/h20-21,25,27-29,37-38H,3-19,22-24,34-36H2,1-2H3,(H,39,40)(H,41,45)(H,42,46);4-6,8-9,13-14,18-19H,2-3,7,10-12,15-16,23H2,1H3,(H,24,25). The lowest BCUT2D eigenvalue weighted by atomic mass is 9.77. The summed E-state index contributed by atoms with van der Waals surface area (Å²) >= 11 is 0. The molecule has 6 unspecified atom stereocenters. The molecule has 0 radical (unpaired) electrons. The van der Waals surface area contributed by atoms with Crippen molar-refractivity contribution in [3.05, 3.63) is 72.3 Å². The number of amides is 2. The molecule has 14 N–H and O–H groups in total. The average molecular weight is 1040 g/mol. The van der Waals surface area contributed by atoms with Crippen LogP contribution >= 0.6 is 0 Å². The van der Waals surface area contributed by atoms with E-state index in [4.69, 9.17) is 27.7 Å². The van der Waals surface area contributed by atoms with Crippen LogP contribution in [0.1, 0.15) is 147 Å². The van der Waals surface area contributed by atoms with Crippen LogP contribution in [0, 0.1) is 23.7 Å². The number of ether oxygens (including phenoxy) is 1. The van der Waals surface area contributed by atoms with Crippen molar-refractivity contribution in [1.29, 1.82) is 0 Å². The lowest BCUT2D eigenvalue weighted by Crippen LogP contribution is -2.45. The van der Waals surface area contributed by atoms with Crippen molar-refractivity contribution >= 4 is 35.1 Å². The number of hydrogen-bond donors (Lipinski definition) is 10. The van der Waals surface area contributed by atoms with Crippen LogP contribution in [0.5, 0.6) is 0 Å². The molecule has 2 aromatic heterocycles. The number of aryl methyl sites for hydroxylation is 2. The Morgan fingerprint density at radius 3 is 1.65 bits per heavy atom. The van der Waals surface area contributed by atoms with Gasteiger partial charge < -0.3 is 58.9 Å². The van der Waals surface area contributed by atoms with E-state index in [1.165, 1.54) is 0 Å². The fraction of sp³-hybridized carbons (Fsp3) is 0.673. The topological polar surface area (TPSA) is 321 Å². The molecule has 0 aliphatic heterocycles. The lowest BCUT2D eigenvalue weighted by Gasteiger charge is -2.27. The number of aromatic amines is 2. The van der Waals surface area contributed by atoms with Crippen molar-refractivity contribution < 1.29 is 33.5 Å². The first kappa shape index (κ1) is 64.9. The second-order valence-electron chi connectivity index (χ2n) is 19.3. The summed E-state index contributed by atoms with van der Waals surface area (Å²) in [5.41, 5.74) is 24.7. The van der Waals surface area contributed by atoms with E-state index in [2.05, 4.69) is 62.0 Å². The fourth-order valence-corrected chi connectivity index (χ4v) is 8.80. The van der Waals surface area contributed by atoms with Gasteiger partial charge in [0.2, 0.25) is 11.8 Å². The Labute approximate surface area is 441 Å². The molecule has 0 saturated heterocycles. The number of carbonyl (C=O) groups is 6. The molecule has 74 heavy (non-hydrogen) atoms. The van der Waals surface area contributed by atoms with E-state index in [-0.39, 0.29) is 79.4 Å². The van der Waals surface area contributed by atoms with Crippen molar-refractivity contribution in [3.8, 4) is 0 Å². The number of unbranched alkanes of at least 4 members (excludes halogenated alkanes) is 3. The number of benzene rings is 1. The minimum absolute atomic E-state index is 0.00792. The van der Waals surface area contributed by atoms with Gasteiger partial charge in [-0.25, -0.2) is 9.97 Å². The number of rotatable bonds is 43. The molecular formula is C55H94N12O7. The molecule has 2 heterocycles. The molecule has 0 saturated carbocycles. The molecule has 0 aliphatic rings. The van der Waals surface area contributed by atoms with Gasteiger partial charge in [0, 0.05) is 146 Å². The molecule has 0 bridgehead atoms. The molecule has 3 rings (SSSR count). The highest BCUT2D eigenvalue weighted by molar-refractivity contribution is 5.90. The minimum atomic E-state index is -0.660. The van der Waals surface area contributed by atoms with E-state index in [1.807, 2.05) is 30.3 Å². The molecule has 6 atom stereocenters. The number of hydrogen-bond acceptors (Lipinski definition) is 15. The molecule has 2 amide bonds. The predicted octanol–water partition coefficient (Wildman–Crippen LogP) is 4.49. The van der Waals surface area contributed by atoms with Crippen LogP contribution in [0.15, 0.2) is 55.1 Å². The lowest BCUT2D eigenvalue weighted by molar-refractivity contribution is -0.148. The van der Waals surface area contributed by atoms with Crippen LogP contribution in [-0.2, 0) is 53.0 Å². The number of aromatic nitrogens is 4. The van der Waals surface area contributed by atoms with Gasteiger partial charge in [-0.05, 0) is 43.6 Å². The van der Waals surface area contributed by atoms with Crippen LogP contribution in [0.3, 0.4) is 0 Å². The number of nitrogens with one attached hydrogen (secondary N) is 6. The Morgan fingerprint density at radius 2 is 1.12 bits per heavy atom. The predicted molar refractivity (Wildman–Crippen MR) is 291 cm³/mol. The highest BCUT2D eigenvalue weighted by atomic mass is 16.5. The van der Waals surface area contributed by atoms with E-state index in [1.54, 1.807) is 24.8 Å². The Hall–Kier alpha value is -5.18. The number of H-pyrrole nitrogens is 2. The maximum absolute atomic E-state index is 13.7. The van der Waals surface area contributed by atoms with Gasteiger partial charge in [0.05, 0.1) is 12.3 Å². The molecule has 0 fully saturated rings. The zero-order valence-electron chi connectivity index (χ0n) is 45.0. The van der Waals surface area contributed by atoms with Gasteiger partial charge in [-0.2, -0.15) is 0 Å². The van der Waals surface area contributed by atoms with Crippen LogP contribution in [0.2, 0.25) is 0 Å². The van der Waals surface area contributed by atoms with E-state index in [0.717, 1.165) is 62.2 Å². The molecule has 19 nitrogen and oxygen atoms in total. The van der Waals surface area contributed by atoms with Crippen molar-refractivity contribution in [2.45, 2.75) is 161 Å². The summed E-state index contributed by atoms with van der Waals surface area (Å²) in [5.74, 6) is -1.29. The first-order valence-electron chi connectivity index (χ1n) is 27.5. The SMILES string of the molecule is CCCCC(N)C(CC(=O)CC(CCCC)C(CC(=O)NCCNCCN)C(=O)CCCc1ncc[nH]1)C(=O)NCCNCCN.CCCCC(N)C(CC(=O)OCc1ccccc1)C(=O)CCCc1ncc[nH]1. The summed E-state index contributed by atoms with van der Waals surface area (Å²) in [7, 11) is 0. The molecule has 0 aliphatic carbocycles. The highest BCUT2D eigenvalue weighted by Gasteiger charge is 2.34. The molecule has 19 heteroatoms. The van der Waals surface area contributed by atoms with Gasteiger partial charge >= 0.3 is 5.97 Å². The van der Waals surface area contributed by atoms with Crippen LogP contribution < -0.4 is 44.2 Å². The molecule has 3 aromatic rings. The number of nitrogens with two attached hydrogens (primary N) is 4. The maximum Gasteiger partial charge on any atom is 0.306 e. The zero-order valence-corrected chi connectivity index (χ0v) is 45.0. The van der Waals surface area contributed by atoms with E-state index in [0.29, 0.717) is 104 Å². The maximum atomic E-state index is 13.7. The van der Waals surface area contributed by atoms with Gasteiger partial charge in [0.1, 0.15) is 35.6 Å². The van der Waals surface area contributed by atoms with Crippen molar-refractivity contribution in [1.82, 2.24) is 41.2 Å². The number of ketones is 3. The Morgan fingerprint density at radius 1 is 0.595 bits per heavy atom. The third-order valence-electron chi connectivity index (χ3n) is 13.1. The number of carbonyl (C=O) groups excluding carboxylic acids is 6. The third-order valence-corrected chi connectivity index (χ3v) is 13.1. The zero-order chi connectivity index (χ0) is 54.2. The number of nitrogens with zero attached hydrogens (tertiary/aromatic N) is 2. The first-order valence-corrected chi connectivity index (χ1v) is 27.5. The Bertz CT molecular complexity index is 1940. The van der Waals surface area contributed by atoms with Crippen LogP contribution in [0.25, 0.3) is 0 Å².